The molecule has 4 nitrogen and oxygen atoms in total. The summed E-state index contributed by atoms with van der Waals surface area (Å²) in [5.74, 6) is 2.57. The van der Waals surface area contributed by atoms with Crippen LogP contribution >= 0.6 is 12.4 Å². The molecular weight excluding hydrogens is 420 g/mol. The van der Waals surface area contributed by atoms with Crippen LogP contribution in [0.1, 0.15) is 71.3 Å². The SMILES string of the molecule is COCCOc1ccc(C2CC(C)(C)CC(C)(C)C2)c(N2CCN(CC3CC3)CC2)c1.Cl. The zero-order valence-electron chi connectivity index (χ0n) is 21.0. The first-order chi connectivity index (χ1) is 14.7. The van der Waals surface area contributed by atoms with Crippen molar-refractivity contribution in [2.45, 2.75) is 65.7 Å². The number of methoxy groups -OCH3 is 1. The third-order valence-electron chi connectivity index (χ3n) is 7.48. The summed E-state index contributed by atoms with van der Waals surface area (Å²) in [6.45, 7) is 17.0. The van der Waals surface area contributed by atoms with Crippen molar-refractivity contribution in [3.05, 3.63) is 23.8 Å². The molecule has 0 N–H and O–H groups in total. The Labute approximate surface area is 202 Å². The summed E-state index contributed by atoms with van der Waals surface area (Å²) in [5.41, 5.74) is 3.73. The van der Waals surface area contributed by atoms with Crippen molar-refractivity contribution in [3.63, 3.8) is 0 Å². The molecule has 0 atom stereocenters. The molecule has 0 amide bonds. The van der Waals surface area contributed by atoms with E-state index < -0.39 is 0 Å². The number of hydrogen-bond donors (Lipinski definition) is 0. The highest BCUT2D eigenvalue weighted by molar-refractivity contribution is 5.85. The number of hydrogen-bond acceptors (Lipinski definition) is 4. The highest BCUT2D eigenvalue weighted by Crippen LogP contribution is 2.53. The first kappa shape index (κ1) is 25.6. The first-order valence-electron chi connectivity index (χ1n) is 12.5. The Morgan fingerprint density at radius 1 is 0.938 bits per heavy atom. The second-order valence-electron chi connectivity index (χ2n) is 11.9. The van der Waals surface area contributed by atoms with Gasteiger partial charge in [0, 0.05) is 51.6 Å². The number of rotatable bonds is 8. The van der Waals surface area contributed by atoms with E-state index in [1.54, 1.807) is 7.11 Å². The number of benzene rings is 1. The van der Waals surface area contributed by atoms with Crippen LogP contribution < -0.4 is 9.64 Å². The van der Waals surface area contributed by atoms with Gasteiger partial charge in [0.05, 0.1) is 6.61 Å². The molecule has 4 rings (SSSR count). The molecule has 0 bridgehead atoms. The van der Waals surface area contributed by atoms with Crippen LogP contribution in [0.2, 0.25) is 0 Å². The highest BCUT2D eigenvalue weighted by Gasteiger charge is 2.40. The topological polar surface area (TPSA) is 24.9 Å². The van der Waals surface area contributed by atoms with Crippen LogP contribution in [0.5, 0.6) is 5.75 Å². The fraction of sp³-hybridized carbons (Fsp3) is 0.778. The molecule has 1 aromatic carbocycles. The highest BCUT2D eigenvalue weighted by atomic mass is 35.5. The van der Waals surface area contributed by atoms with E-state index in [2.05, 4.69) is 55.7 Å². The molecule has 32 heavy (non-hydrogen) atoms. The van der Waals surface area contributed by atoms with E-state index in [1.807, 2.05) is 0 Å². The van der Waals surface area contributed by atoms with E-state index in [0.717, 1.165) is 24.8 Å². The Morgan fingerprint density at radius 3 is 2.19 bits per heavy atom. The van der Waals surface area contributed by atoms with Crippen molar-refractivity contribution in [3.8, 4) is 5.75 Å². The summed E-state index contributed by atoms with van der Waals surface area (Å²) in [5, 5.41) is 0. The summed E-state index contributed by atoms with van der Waals surface area (Å²) < 4.78 is 11.2. The lowest BCUT2D eigenvalue weighted by Gasteiger charge is -2.46. The molecule has 0 aromatic heterocycles. The Hall–Kier alpha value is -0.970. The summed E-state index contributed by atoms with van der Waals surface area (Å²) >= 11 is 0. The van der Waals surface area contributed by atoms with Gasteiger partial charge in [0.2, 0.25) is 0 Å². The van der Waals surface area contributed by atoms with Gasteiger partial charge in [-0.15, -0.1) is 12.4 Å². The Bertz CT molecular complexity index is 723. The fourth-order valence-corrected chi connectivity index (χ4v) is 6.38. The van der Waals surface area contributed by atoms with Gasteiger partial charge in [-0.05, 0) is 66.4 Å². The number of piperazine rings is 1. The van der Waals surface area contributed by atoms with E-state index in [0.29, 0.717) is 30.0 Å². The second kappa shape index (κ2) is 10.5. The molecule has 0 spiro atoms. The predicted octanol–water partition coefficient (Wildman–Crippen LogP) is 5.99. The van der Waals surface area contributed by atoms with Crippen molar-refractivity contribution in [2.24, 2.45) is 16.7 Å². The van der Waals surface area contributed by atoms with E-state index in [4.69, 9.17) is 9.47 Å². The van der Waals surface area contributed by atoms with Gasteiger partial charge >= 0.3 is 0 Å². The van der Waals surface area contributed by atoms with Gasteiger partial charge < -0.3 is 14.4 Å². The second-order valence-corrected chi connectivity index (χ2v) is 11.9. The molecule has 1 aliphatic heterocycles. The fourth-order valence-electron chi connectivity index (χ4n) is 6.38. The predicted molar refractivity (Wildman–Crippen MR) is 137 cm³/mol. The van der Waals surface area contributed by atoms with Crippen molar-refractivity contribution in [1.82, 2.24) is 4.90 Å². The lowest BCUT2D eigenvalue weighted by Crippen LogP contribution is -2.47. The smallest absolute Gasteiger partial charge is 0.121 e. The van der Waals surface area contributed by atoms with Crippen LogP contribution in [0.4, 0.5) is 5.69 Å². The van der Waals surface area contributed by atoms with E-state index in [1.165, 1.54) is 63.0 Å². The maximum absolute atomic E-state index is 6.02. The third kappa shape index (κ3) is 6.77. The number of nitrogens with zero attached hydrogens (tertiary/aromatic N) is 2. The molecule has 0 unspecified atom stereocenters. The molecule has 5 heteroatoms. The van der Waals surface area contributed by atoms with Crippen LogP contribution in [-0.4, -0.2) is 57.9 Å². The molecular formula is C27H45ClN2O2. The Balaban J connectivity index is 0.00000289. The summed E-state index contributed by atoms with van der Waals surface area (Å²) in [4.78, 5) is 5.32. The average molecular weight is 465 g/mol. The normalized spacial score (nSPS) is 23.6. The molecule has 1 heterocycles. The largest absolute Gasteiger partial charge is 0.491 e. The van der Waals surface area contributed by atoms with E-state index >= 15 is 0 Å². The summed E-state index contributed by atoms with van der Waals surface area (Å²) in [6.07, 6.45) is 6.74. The van der Waals surface area contributed by atoms with Crippen LogP contribution in [0.3, 0.4) is 0 Å². The van der Waals surface area contributed by atoms with Crippen LogP contribution in [0, 0.1) is 16.7 Å². The van der Waals surface area contributed by atoms with Gasteiger partial charge in [-0.2, -0.15) is 0 Å². The molecule has 0 radical (unpaired) electrons. The van der Waals surface area contributed by atoms with E-state index in [-0.39, 0.29) is 12.4 Å². The van der Waals surface area contributed by atoms with Crippen molar-refractivity contribution < 1.29 is 9.47 Å². The lowest BCUT2D eigenvalue weighted by molar-refractivity contribution is 0.0969. The zero-order valence-corrected chi connectivity index (χ0v) is 21.8. The van der Waals surface area contributed by atoms with Gasteiger partial charge in [0.1, 0.15) is 12.4 Å². The minimum absolute atomic E-state index is 0. The number of anilines is 1. The molecule has 3 aliphatic rings. The monoisotopic (exact) mass is 464 g/mol. The summed E-state index contributed by atoms with van der Waals surface area (Å²) in [6, 6.07) is 6.87. The molecule has 182 valence electrons. The molecule has 1 aromatic rings. The van der Waals surface area contributed by atoms with Gasteiger partial charge in [0.25, 0.3) is 0 Å². The van der Waals surface area contributed by atoms with Crippen molar-refractivity contribution in [2.75, 3.05) is 57.9 Å². The van der Waals surface area contributed by atoms with Gasteiger partial charge in [-0.25, -0.2) is 0 Å². The molecule has 2 aliphatic carbocycles. The minimum atomic E-state index is 0. The van der Waals surface area contributed by atoms with Crippen molar-refractivity contribution >= 4 is 18.1 Å². The first-order valence-corrected chi connectivity index (χ1v) is 12.5. The zero-order chi connectivity index (χ0) is 22.1. The quantitative estimate of drug-likeness (QED) is 0.441. The Morgan fingerprint density at radius 2 is 1.59 bits per heavy atom. The van der Waals surface area contributed by atoms with Crippen LogP contribution in [0.15, 0.2) is 18.2 Å². The minimum Gasteiger partial charge on any atom is -0.491 e. The lowest BCUT2D eigenvalue weighted by atomic mass is 9.60. The Kier molecular flexibility index (Phi) is 8.44. The van der Waals surface area contributed by atoms with Crippen molar-refractivity contribution in [1.29, 1.82) is 0 Å². The van der Waals surface area contributed by atoms with E-state index in [9.17, 15) is 0 Å². The summed E-state index contributed by atoms with van der Waals surface area (Å²) in [7, 11) is 1.73. The van der Waals surface area contributed by atoms with Gasteiger partial charge in [-0.1, -0.05) is 33.8 Å². The molecule has 2 saturated carbocycles. The average Bonchev–Trinajstić information content (AvgIpc) is 3.50. The third-order valence-corrected chi connectivity index (χ3v) is 7.48. The number of halogens is 1. The van der Waals surface area contributed by atoms with Gasteiger partial charge in [0.15, 0.2) is 0 Å². The maximum atomic E-state index is 6.02. The van der Waals surface area contributed by atoms with Crippen LogP contribution in [-0.2, 0) is 4.74 Å². The van der Waals surface area contributed by atoms with Crippen LogP contribution in [0.25, 0.3) is 0 Å². The standard InChI is InChI=1S/C27H44N2O2.ClH/c1-26(2)17-22(18-27(3,4)20-26)24-9-8-23(31-15-14-30-5)16-25(24)29-12-10-28(11-13-29)19-21-6-7-21;/h8-9,16,21-22H,6-7,10-15,17-20H2,1-5H3;1H. The molecule has 3 fully saturated rings. The van der Waals surface area contributed by atoms with Gasteiger partial charge in [-0.3, -0.25) is 4.90 Å². The maximum Gasteiger partial charge on any atom is 0.121 e. The molecule has 1 saturated heterocycles. The number of ether oxygens (including phenoxy) is 2.